The van der Waals surface area contributed by atoms with E-state index in [-0.39, 0.29) is 10.5 Å². The average Bonchev–Trinajstić information content (AvgIpc) is 2.06. The lowest BCUT2D eigenvalue weighted by Gasteiger charge is -2.08. The molecule has 1 aromatic heterocycles. The van der Waals surface area contributed by atoms with Crippen molar-refractivity contribution in [3.05, 3.63) is 28.4 Å². The molecule has 0 fully saturated rings. The van der Waals surface area contributed by atoms with E-state index in [0.29, 0.717) is 6.92 Å². The molecule has 60 valence electrons. The van der Waals surface area contributed by atoms with Crippen LogP contribution in [-0.4, -0.2) is 4.98 Å². The lowest BCUT2D eigenvalue weighted by molar-refractivity contribution is 0.0127. The molecule has 0 unspecified atom stereocenters. The molecule has 0 saturated heterocycles. The quantitative estimate of drug-likeness (QED) is 0.715. The number of aromatic nitrogens is 1. The summed E-state index contributed by atoms with van der Waals surface area (Å²) in [7, 11) is 0. The second kappa shape index (κ2) is 2.85. The Labute approximate surface area is 75.8 Å². The Hall–Kier alpha value is -0.510. The molecule has 11 heavy (non-hydrogen) atoms. The van der Waals surface area contributed by atoms with Crippen molar-refractivity contribution >= 4 is 15.9 Å². The number of alkyl halides is 2. The zero-order valence-electron chi connectivity index (χ0n) is 8.58. The molecule has 4 heteroatoms. The first-order valence-corrected chi connectivity index (χ1v) is 3.56. The number of rotatable bonds is 1. The van der Waals surface area contributed by atoms with Gasteiger partial charge in [-0.2, -0.15) is 8.78 Å². The molecule has 0 atom stereocenters. The van der Waals surface area contributed by atoms with Crippen LogP contribution >= 0.6 is 15.9 Å². The Morgan fingerprint density at radius 1 is 1.73 bits per heavy atom. The maximum Gasteiger partial charge on any atom is 0.287 e. The largest absolute Gasteiger partial charge is 0.287 e. The minimum Gasteiger partial charge on any atom is -0.255 e. The van der Waals surface area contributed by atoms with E-state index in [1.54, 1.807) is 0 Å². The van der Waals surface area contributed by atoms with Gasteiger partial charge in [-0.15, -0.1) is 0 Å². The summed E-state index contributed by atoms with van der Waals surface area (Å²) in [5, 5.41) is 0. The smallest absolute Gasteiger partial charge is 0.255 e. The standard InChI is InChI=1S/C7H6BrF2N/c1-7(9,10)6-4-5(8)2-3-11-6/h2-4H,1H3/i2D,3D,4D. The first-order chi connectivity index (χ1) is 6.25. The van der Waals surface area contributed by atoms with Crippen LogP contribution < -0.4 is 0 Å². The molecule has 1 aromatic rings. The topological polar surface area (TPSA) is 12.9 Å². The molecule has 0 bridgehead atoms. The molecule has 1 rings (SSSR count). The monoisotopic (exact) mass is 224 g/mol. The fraction of sp³-hybridized carbons (Fsp3) is 0.286. The van der Waals surface area contributed by atoms with Crippen molar-refractivity contribution in [2.75, 3.05) is 0 Å². The zero-order valence-corrected chi connectivity index (χ0v) is 7.17. The van der Waals surface area contributed by atoms with Gasteiger partial charge in [0.25, 0.3) is 5.92 Å². The van der Waals surface area contributed by atoms with Crippen molar-refractivity contribution in [2.45, 2.75) is 12.8 Å². The molecule has 0 aliphatic heterocycles. The fourth-order valence-electron chi connectivity index (χ4n) is 0.504. The fourth-order valence-corrected chi connectivity index (χ4v) is 0.780. The highest BCUT2D eigenvalue weighted by Gasteiger charge is 2.25. The van der Waals surface area contributed by atoms with Gasteiger partial charge >= 0.3 is 0 Å². The Morgan fingerprint density at radius 3 is 2.91 bits per heavy atom. The Morgan fingerprint density at radius 2 is 2.36 bits per heavy atom. The van der Waals surface area contributed by atoms with Crippen molar-refractivity contribution in [2.24, 2.45) is 0 Å². The second-order valence-corrected chi connectivity index (χ2v) is 2.82. The van der Waals surface area contributed by atoms with Crippen molar-refractivity contribution < 1.29 is 12.9 Å². The molecule has 1 nitrogen and oxygen atoms in total. The minimum atomic E-state index is -3.27. The van der Waals surface area contributed by atoms with E-state index < -0.39 is 23.8 Å². The molecule has 1 heterocycles. The first kappa shape index (κ1) is 5.19. The van der Waals surface area contributed by atoms with Gasteiger partial charge in [0.2, 0.25) is 0 Å². The van der Waals surface area contributed by atoms with Crippen LogP contribution in [0.3, 0.4) is 0 Å². The molecule has 0 aliphatic carbocycles. The van der Waals surface area contributed by atoms with Gasteiger partial charge in [0.15, 0.2) is 0 Å². The highest BCUT2D eigenvalue weighted by atomic mass is 79.9. The highest BCUT2D eigenvalue weighted by Crippen LogP contribution is 2.26. The number of pyridine rings is 1. The van der Waals surface area contributed by atoms with Crippen molar-refractivity contribution in [1.82, 2.24) is 4.98 Å². The van der Waals surface area contributed by atoms with Gasteiger partial charge in [0.05, 0.1) is 4.11 Å². The summed E-state index contributed by atoms with van der Waals surface area (Å²) in [6.45, 7) is 0.600. The Kier molecular flexibility index (Phi) is 1.35. The van der Waals surface area contributed by atoms with Crippen LogP contribution in [0.4, 0.5) is 8.78 Å². The van der Waals surface area contributed by atoms with Crippen LogP contribution in [0.25, 0.3) is 0 Å². The maximum atomic E-state index is 12.9. The highest BCUT2D eigenvalue weighted by molar-refractivity contribution is 9.10. The number of hydrogen-bond acceptors (Lipinski definition) is 1. The van der Waals surface area contributed by atoms with Crippen LogP contribution in [0.1, 0.15) is 16.7 Å². The third-order valence-electron chi connectivity index (χ3n) is 0.977. The maximum absolute atomic E-state index is 12.9. The summed E-state index contributed by atoms with van der Waals surface area (Å²) in [4.78, 5) is 3.22. The van der Waals surface area contributed by atoms with Gasteiger partial charge in [-0.3, -0.25) is 4.98 Å². The third kappa shape index (κ3) is 2.22. The van der Waals surface area contributed by atoms with Crippen LogP contribution in [0.5, 0.6) is 0 Å². The van der Waals surface area contributed by atoms with E-state index in [9.17, 15) is 8.78 Å². The van der Waals surface area contributed by atoms with E-state index in [4.69, 9.17) is 4.11 Å². The SMILES string of the molecule is [2H]c1nc(C(C)(F)F)c([2H])c(Br)c1[2H]. The summed E-state index contributed by atoms with van der Waals surface area (Å²) in [6.07, 6.45) is -0.565. The predicted octanol–water partition coefficient (Wildman–Crippen LogP) is 2.96. The molecule has 0 amide bonds. The Bertz CT molecular complexity index is 378. The minimum absolute atomic E-state index is 0.131. The average molecular weight is 225 g/mol. The van der Waals surface area contributed by atoms with Gasteiger partial charge < -0.3 is 0 Å². The molecular weight excluding hydrogens is 216 g/mol. The molecule has 0 saturated carbocycles. The molecule has 0 aromatic carbocycles. The molecule has 0 radical (unpaired) electrons. The van der Waals surface area contributed by atoms with Crippen LogP contribution in [0.2, 0.25) is 0 Å². The van der Waals surface area contributed by atoms with Gasteiger partial charge in [0.1, 0.15) is 5.69 Å². The summed E-state index contributed by atoms with van der Waals surface area (Å²) in [5.74, 6) is -3.27. The third-order valence-corrected chi connectivity index (χ3v) is 1.37. The number of hydrogen-bond donors (Lipinski definition) is 0. The lowest BCUT2D eigenvalue weighted by atomic mass is 10.2. The second-order valence-electron chi connectivity index (χ2n) is 2.02. The van der Waals surface area contributed by atoms with E-state index >= 15 is 0 Å². The van der Waals surface area contributed by atoms with E-state index in [2.05, 4.69) is 20.9 Å². The number of nitrogens with zero attached hydrogens (tertiary/aromatic N) is 1. The predicted molar refractivity (Wildman–Crippen MR) is 41.5 cm³/mol. The number of halogens is 3. The van der Waals surface area contributed by atoms with Crippen LogP contribution in [0, 0.1) is 0 Å². The van der Waals surface area contributed by atoms with Crippen molar-refractivity contribution in [1.29, 1.82) is 0 Å². The van der Waals surface area contributed by atoms with Crippen LogP contribution in [0.15, 0.2) is 22.7 Å². The summed E-state index contributed by atoms with van der Waals surface area (Å²) in [6, 6.07) is -0.901. The molecule has 0 N–H and O–H groups in total. The van der Waals surface area contributed by atoms with Gasteiger partial charge in [0, 0.05) is 17.6 Å². The van der Waals surface area contributed by atoms with E-state index in [1.165, 1.54) is 0 Å². The first-order valence-electron chi connectivity index (χ1n) is 4.26. The van der Waals surface area contributed by atoms with Crippen LogP contribution in [-0.2, 0) is 5.92 Å². The molecule has 0 spiro atoms. The molecular formula is C7H6BrF2N. The lowest BCUT2D eigenvalue weighted by Crippen LogP contribution is -2.08. The van der Waals surface area contributed by atoms with E-state index in [1.807, 2.05) is 0 Å². The van der Waals surface area contributed by atoms with Gasteiger partial charge in [-0.25, -0.2) is 0 Å². The molecule has 0 aliphatic rings. The normalized spacial score (nSPS) is 15.5. The summed E-state index contributed by atoms with van der Waals surface area (Å²) < 4.78 is 47.2. The van der Waals surface area contributed by atoms with E-state index in [0.717, 1.165) is 0 Å². The summed E-state index contributed by atoms with van der Waals surface area (Å²) in [5.41, 5.74) is -0.787. The zero-order chi connectivity index (χ0) is 11.1. The van der Waals surface area contributed by atoms with Gasteiger partial charge in [-0.1, -0.05) is 15.9 Å². The Balaban J connectivity index is 3.49. The van der Waals surface area contributed by atoms with Crippen molar-refractivity contribution in [3.63, 3.8) is 0 Å². The van der Waals surface area contributed by atoms with Crippen molar-refractivity contribution in [3.8, 4) is 0 Å². The van der Waals surface area contributed by atoms with Gasteiger partial charge in [-0.05, 0) is 12.1 Å². The summed E-state index contributed by atoms with van der Waals surface area (Å²) >= 11 is 2.80.